The summed E-state index contributed by atoms with van der Waals surface area (Å²) in [6.07, 6.45) is 0. The molecule has 8 nitrogen and oxygen atoms in total. The van der Waals surface area contributed by atoms with Crippen LogP contribution in [0.2, 0.25) is 0 Å². The smallest absolute Gasteiger partial charge is 0.280 e. The molecule has 5 rings (SSSR count). The molecular formula is C27H24N4O4S2. The first kappa shape index (κ1) is 25.0. The Morgan fingerprint density at radius 2 is 1.81 bits per heavy atom. The number of carbonyl (C=O) groups excluding carboxylic acids is 1. The minimum Gasteiger partial charge on any atom is -0.380 e. The molecule has 0 radical (unpaired) electrons. The predicted molar refractivity (Wildman–Crippen MR) is 145 cm³/mol. The molecule has 1 amide bonds. The van der Waals surface area contributed by atoms with Crippen LogP contribution in [0, 0.1) is 0 Å². The summed E-state index contributed by atoms with van der Waals surface area (Å²) >= 11 is 1.23. The summed E-state index contributed by atoms with van der Waals surface area (Å²) in [7, 11) is -3.87. The number of primary sulfonamides is 1. The van der Waals surface area contributed by atoms with E-state index < -0.39 is 15.9 Å². The van der Waals surface area contributed by atoms with Crippen molar-refractivity contribution in [1.82, 2.24) is 9.55 Å². The third-order valence-electron chi connectivity index (χ3n) is 5.86. The number of aromatic nitrogens is 2. The molecule has 0 aliphatic carbocycles. The molecule has 2 N–H and O–H groups in total. The average Bonchev–Trinajstić information content (AvgIpc) is 3.24. The molecule has 0 aliphatic heterocycles. The number of thiazole rings is 1. The standard InChI is InChI=1S/C27H24N4O4S2/c1-2-35-15-14-31-24-13-12-19(37(28,33)34)16-25(24)36-27(31)30-26(32)21-17-23(18-8-4-3-5-9-18)29-22-11-7-6-10-20(21)22/h3-13,16-17H,2,14-15H2,1H3,(H2,28,33,34). The number of sulfonamides is 1. The maximum absolute atomic E-state index is 13.6. The van der Waals surface area contributed by atoms with E-state index in [1.165, 1.54) is 23.5 Å². The summed E-state index contributed by atoms with van der Waals surface area (Å²) in [5, 5.41) is 6.03. The van der Waals surface area contributed by atoms with E-state index in [2.05, 4.69) is 4.99 Å². The van der Waals surface area contributed by atoms with E-state index in [0.717, 1.165) is 11.1 Å². The quantitative estimate of drug-likeness (QED) is 0.313. The number of rotatable bonds is 7. The summed E-state index contributed by atoms with van der Waals surface area (Å²) < 4.78 is 31.8. The lowest BCUT2D eigenvalue weighted by atomic mass is 10.0. The highest BCUT2D eigenvalue weighted by Gasteiger charge is 2.16. The van der Waals surface area contributed by atoms with Gasteiger partial charge in [-0.1, -0.05) is 59.9 Å². The summed E-state index contributed by atoms with van der Waals surface area (Å²) in [5.41, 5.74) is 3.44. The Balaban J connectivity index is 1.68. The van der Waals surface area contributed by atoms with Gasteiger partial charge in [0.1, 0.15) is 0 Å². The first-order valence-corrected chi connectivity index (χ1v) is 14.0. The van der Waals surface area contributed by atoms with Gasteiger partial charge >= 0.3 is 0 Å². The molecule has 188 valence electrons. The number of nitrogens with zero attached hydrogens (tertiary/aromatic N) is 3. The summed E-state index contributed by atoms with van der Waals surface area (Å²) in [6, 6.07) is 23.5. The van der Waals surface area contributed by atoms with Gasteiger partial charge in [0.15, 0.2) is 4.80 Å². The van der Waals surface area contributed by atoms with E-state index in [9.17, 15) is 13.2 Å². The van der Waals surface area contributed by atoms with E-state index in [0.29, 0.717) is 51.4 Å². The fourth-order valence-corrected chi connectivity index (χ4v) is 5.80. The second-order valence-corrected chi connectivity index (χ2v) is 10.8. The lowest BCUT2D eigenvalue weighted by Crippen LogP contribution is -2.20. The van der Waals surface area contributed by atoms with E-state index >= 15 is 0 Å². The Morgan fingerprint density at radius 1 is 1.05 bits per heavy atom. The highest BCUT2D eigenvalue weighted by molar-refractivity contribution is 7.89. The maximum atomic E-state index is 13.6. The molecule has 0 spiro atoms. The van der Waals surface area contributed by atoms with Crippen LogP contribution >= 0.6 is 11.3 Å². The monoisotopic (exact) mass is 532 g/mol. The Morgan fingerprint density at radius 3 is 2.57 bits per heavy atom. The molecule has 0 saturated heterocycles. The van der Waals surface area contributed by atoms with E-state index in [4.69, 9.17) is 14.9 Å². The van der Waals surface area contributed by atoms with Crippen LogP contribution in [0.5, 0.6) is 0 Å². The molecule has 0 bridgehead atoms. The van der Waals surface area contributed by atoms with Crippen molar-refractivity contribution in [3.8, 4) is 11.3 Å². The summed E-state index contributed by atoms with van der Waals surface area (Å²) in [4.78, 5) is 23.3. The normalized spacial score (nSPS) is 12.4. The summed E-state index contributed by atoms with van der Waals surface area (Å²) in [5.74, 6) is -0.417. The highest BCUT2D eigenvalue weighted by Crippen LogP contribution is 2.26. The van der Waals surface area contributed by atoms with Crippen molar-refractivity contribution < 1.29 is 17.9 Å². The largest absolute Gasteiger partial charge is 0.380 e. The van der Waals surface area contributed by atoms with Crippen LogP contribution in [0.25, 0.3) is 32.4 Å². The molecule has 0 unspecified atom stereocenters. The number of ether oxygens (including phenoxy) is 1. The molecule has 3 aromatic carbocycles. The SMILES string of the molecule is CCOCCn1c(=NC(=O)c2cc(-c3ccccc3)nc3ccccc23)sc2cc(S(N)(=O)=O)ccc21. The highest BCUT2D eigenvalue weighted by atomic mass is 32.2. The van der Waals surface area contributed by atoms with Crippen molar-refractivity contribution in [3.05, 3.63) is 89.2 Å². The van der Waals surface area contributed by atoms with Crippen LogP contribution in [-0.4, -0.2) is 37.1 Å². The molecule has 5 aromatic rings. The van der Waals surface area contributed by atoms with Crippen molar-refractivity contribution in [2.75, 3.05) is 13.2 Å². The van der Waals surface area contributed by atoms with Crippen molar-refractivity contribution in [2.24, 2.45) is 10.1 Å². The van der Waals surface area contributed by atoms with Gasteiger partial charge in [0, 0.05) is 24.1 Å². The molecule has 10 heteroatoms. The molecule has 2 aromatic heterocycles. The zero-order valence-electron chi connectivity index (χ0n) is 20.0. The number of hydrogen-bond donors (Lipinski definition) is 1. The van der Waals surface area contributed by atoms with Gasteiger partial charge in [0.25, 0.3) is 5.91 Å². The molecule has 2 heterocycles. The Labute approximate surface area is 217 Å². The van der Waals surface area contributed by atoms with Crippen LogP contribution in [0.3, 0.4) is 0 Å². The van der Waals surface area contributed by atoms with Crippen LogP contribution in [0.4, 0.5) is 0 Å². The number of pyridine rings is 1. The van der Waals surface area contributed by atoms with E-state index in [1.54, 1.807) is 12.1 Å². The molecule has 0 fully saturated rings. The Bertz CT molecular complexity index is 1790. The predicted octanol–water partition coefficient (Wildman–Crippen LogP) is 4.34. The number of carbonyl (C=O) groups is 1. The summed E-state index contributed by atoms with van der Waals surface area (Å²) in [6.45, 7) is 3.31. The second kappa shape index (κ2) is 10.3. The zero-order chi connectivity index (χ0) is 26.0. The Hall–Kier alpha value is -3.70. The van der Waals surface area contributed by atoms with Gasteiger partial charge in [-0.25, -0.2) is 18.5 Å². The fourth-order valence-electron chi connectivity index (χ4n) is 4.09. The molecule has 0 saturated carbocycles. The maximum Gasteiger partial charge on any atom is 0.280 e. The first-order chi connectivity index (χ1) is 17.8. The molecular weight excluding hydrogens is 508 g/mol. The van der Waals surface area contributed by atoms with Crippen molar-refractivity contribution in [2.45, 2.75) is 18.4 Å². The van der Waals surface area contributed by atoms with Gasteiger partial charge in [-0.3, -0.25) is 4.79 Å². The van der Waals surface area contributed by atoms with Gasteiger partial charge < -0.3 is 9.30 Å². The van der Waals surface area contributed by atoms with Crippen molar-refractivity contribution >= 4 is 48.4 Å². The zero-order valence-corrected chi connectivity index (χ0v) is 21.6. The fraction of sp³-hybridized carbons (Fsp3) is 0.148. The number of amides is 1. The van der Waals surface area contributed by atoms with Crippen LogP contribution < -0.4 is 9.94 Å². The van der Waals surface area contributed by atoms with Crippen LogP contribution in [0.15, 0.2) is 88.8 Å². The minimum atomic E-state index is -3.87. The van der Waals surface area contributed by atoms with Gasteiger partial charge in [-0.05, 0) is 37.3 Å². The van der Waals surface area contributed by atoms with Gasteiger partial charge in [0.2, 0.25) is 10.0 Å². The third kappa shape index (κ3) is 5.23. The van der Waals surface area contributed by atoms with E-state index in [1.807, 2.05) is 66.1 Å². The second-order valence-electron chi connectivity index (χ2n) is 8.26. The molecule has 0 aliphatic rings. The Kier molecular flexibility index (Phi) is 6.98. The third-order valence-corrected chi connectivity index (χ3v) is 7.81. The van der Waals surface area contributed by atoms with Gasteiger partial charge in [-0.2, -0.15) is 4.99 Å². The number of benzene rings is 3. The molecule has 0 atom stereocenters. The van der Waals surface area contributed by atoms with Crippen molar-refractivity contribution in [3.63, 3.8) is 0 Å². The lowest BCUT2D eigenvalue weighted by Gasteiger charge is -2.08. The van der Waals surface area contributed by atoms with Crippen LogP contribution in [-0.2, 0) is 21.3 Å². The van der Waals surface area contributed by atoms with E-state index in [-0.39, 0.29) is 4.90 Å². The lowest BCUT2D eigenvalue weighted by molar-refractivity contribution is 0.0998. The molecule has 37 heavy (non-hydrogen) atoms. The van der Waals surface area contributed by atoms with Gasteiger partial charge in [0.05, 0.1) is 38.5 Å². The number of para-hydroxylation sites is 1. The van der Waals surface area contributed by atoms with Crippen molar-refractivity contribution in [1.29, 1.82) is 0 Å². The van der Waals surface area contributed by atoms with Crippen LogP contribution in [0.1, 0.15) is 17.3 Å². The number of hydrogen-bond acceptors (Lipinski definition) is 6. The topological polar surface area (TPSA) is 117 Å². The first-order valence-electron chi connectivity index (χ1n) is 11.6. The van der Waals surface area contributed by atoms with Gasteiger partial charge in [-0.15, -0.1) is 0 Å². The number of nitrogens with two attached hydrogens (primary N) is 1. The average molecular weight is 533 g/mol. The minimum absolute atomic E-state index is 0.00344. The number of fused-ring (bicyclic) bond motifs is 2.